The van der Waals surface area contributed by atoms with E-state index in [0.29, 0.717) is 12.2 Å². The van der Waals surface area contributed by atoms with Gasteiger partial charge in [-0.3, -0.25) is 4.79 Å². The fourth-order valence-electron chi connectivity index (χ4n) is 2.39. The summed E-state index contributed by atoms with van der Waals surface area (Å²) < 4.78 is 20.0. The normalized spacial score (nSPS) is 10.9. The molecule has 0 unspecified atom stereocenters. The van der Waals surface area contributed by atoms with Gasteiger partial charge in [-0.15, -0.1) is 0 Å². The summed E-state index contributed by atoms with van der Waals surface area (Å²) in [6.07, 6.45) is 5.71. The number of nitrogen functional groups attached to an aromatic ring is 1. The van der Waals surface area contributed by atoms with Gasteiger partial charge in [0.1, 0.15) is 5.82 Å². The van der Waals surface area contributed by atoms with Gasteiger partial charge in [-0.2, -0.15) is 0 Å². The van der Waals surface area contributed by atoms with Crippen molar-refractivity contribution in [1.82, 2.24) is 10.3 Å². The molecule has 0 radical (unpaired) electrons. The molecule has 0 saturated carbocycles. The van der Waals surface area contributed by atoms with Gasteiger partial charge in [-0.25, -0.2) is 9.37 Å². The predicted molar refractivity (Wildman–Crippen MR) is 100 cm³/mol. The van der Waals surface area contributed by atoms with E-state index in [-0.39, 0.29) is 23.7 Å². The van der Waals surface area contributed by atoms with Crippen molar-refractivity contribution in [3.05, 3.63) is 65.1 Å². The number of nitrogens with two attached hydrogens (primary N) is 1. The minimum absolute atomic E-state index is 0.0355. The van der Waals surface area contributed by atoms with Crippen LogP contribution in [0.4, 0.5) is 10.2 Å². The first-order chi connectivity index (χ1) is 12.5. The number of rotatable bonds is 8. The maximum atomic E-state index is 14.5. The zero-order chi connectivity index (χ0) is 18.9. The number of benzene rings is 1. The van der Waals surface area contributed by atoms with Gasteiger partial charge in [0.15, 0.2) is 11.6 Å². The summed E-state index contributed by atoms with van der Waals surface area (Å²) in [5.74, 6) is -0.518. The van der Waals surface area contributed by atoms with Gasteiger partial charge in [0.2, 0.25) is 0 Å². The van der Waals surface area contributed by atoms with Crippen LogP contribution in [0.25, 0.3) is 0 Å². The van der Waals surface area contributed by atoms with Gasteiger partial charge in [0.05, 0.1) is 12.2 Å². The molecule has 2 rings (SSSR count). The monoisotopic (exact) mass is 357 g/mol. The largest absolute Gasteiger partial charge is 0.490 e. The number of carbonyl (C=O) groups is 1. The smallest absolute Gasteiger partial charge is 0.255 e. The summed E-state index contributed by atoms with van der Waals surface area (Å²) >= 11 is 0. The molecule has 0 spiro atoms. The number of carbonyl (C=O) groups excluding carboxylic acids is 1. The summed E-state index contributed by atoms with van der Waals surface area (Å²) in [6, 6.07) is 8.20. The van der Waals surface area contributed by atoms with Crippen LogP contribution in [-0.4, -0.2) is 17.5 Å². The number of unbranched alkanes of at least 4 members (excludes halogenated alkanes) is 1. The zero-order valence-corrected chi connectivity index (χ0v) is 15.1. The molecule has 0 bridgehead atoms. The molecule has 5 nitrogen and oxygen atoms in total. The predicted octanol–water partition coefficient (Wildman–Crippen LogP) is 3.78. The second kappa shape index (κ2) is 9.56. The number of halogens is 1. The Hall–Kier alpha value is -2.89. The number of nitrogens with one attached hydrogen (secondary N) is 1. The maximum absolute atomic E-state index is 14.5. The molecule has 0 atom stereocenters. The molecule has 1 aromatic carbocycles. The maximum Gasteiger partial charge on any atom is 0.255 e. The number of aromatic nitrogens is 1. The van der Waals surface area contributed by atoms with Crippen LogP contribution in [0, 0.1) is 12.7 Å². The second-order valence-electron chi connectivity index (χ2n) is 5.86. The van der Waals surface area contributed by atoms with Crippen LogP contribution in [0.15, 0.2) is 42.5 Å². The SMILES string of the molecule is C/C=C/CCCOc1cccc(CNC(=O)c2ccc(C)nc2N)c1F. The zero-order valence-electron chi connectivity index (χ0n) is 15.1. The Morgan fingerprint density at radius 1 is 1.35 bits per heavy atom. The molecule has 138 valence electrons. The van der Waals surface area contributed by atoms with Gasteiger partial charge in [-0.1, -0.05) is 24.3 Å². The van der Waals surface area contributed by atoms with Crippen LogP contribution in [0.5, 0.6) is 5.75 Å². The molecule has 0 fully saturated rings. The van der Waals surface area contributed by atoms with E-state index in [1.807, 2.05) is 19.1 Å². The topological polar surface area (TPSA) is 77.2 Å². The van der Waals surface area contributed by atoms with E-state index in [4.69, 9.17) is 10.5 Å². The van der Waals surface area contributed by atoms with Gasteiger partial charge in [0, 0.05) is 17.8 Å². The molecule has 0 saturated heterocycles. The molecule has 26 heavy (non-hydrogen) atoms. The van der Waals surface area contributed by atoms with Crippen molar-refractivity contribution in [2.75, 3.05) is 12.3 Å². The van der Waals surface area contributed by atoms with Crippen LogP contribution in [-0.2, 0) is 6.54 Å². The fourth-order valence-corrected chi connectivity index (χ4v) is 2.39. The molecular weight excluding hydrogens is 333 g/mol. The van der Waals surface area contributed by atoms with Gasteiger partial charge in [0.25, 0.3) is 5.91 Å². The molecular formula is C20H24FN3O2. The van der Waals surface area contributed by atoms with Crippen LogP contribution in [0.2, 0.25) is 0 Å². The summed E-state index contributed by atoms with van der Waals surface area (Å²) in [6.45, 7) is 4.21. The van der Waals surface area contributed by atoms with Gasteiger partial charge in [-0.05, 0) is 44.9 Å². The van der Waals surface area contributed by atoms with Crippen molar-refractivity contribution in [3.63, 3.8) is 0 Å². The average molecular weight is 357 g/mol. The van der Waals surface area contributed by atoms with Crippen molar-refractivity contribution < 1.29 is 13.9 Å². The first-order valence-corrected chi connectivity index (χ1v) is 8.55. The van der Waals surface area contributed by atoms with E-state index in [1.165, 1.54) is 0 Å². The number of hydrogen-bond donors (Lipinski definition) is 2. The lowest BCUT2D eigenvalue weighted by Gasteiger charge is -2.11. The minimum Gasteiger partial charge on any atom is -0.490 e. The molecule has 0 aliphatic carbocycles. The molecule has 0 aliphatic rings. The molecule has 6 heteroatoms. The van der Waals surface area contributed by atoms with E-state index >= 15 is 0 Å². The summed E-state index contributed by atoms with van der Waals surface area (Å²) in [4.78, 5) is 16.3. The standard InChI is InChI=1S/C20H24FN3O2/c1-3-4-5-6-12-26-17-9-7-8-15(18(17)21)13-23-20(25)16-11-10-14(2)24-19(16)22/h3-4,7-11H,5-6,12-13H2,1-2H3,(H2,22,24)(H,23,25)/b4-3+. The highest BCUT2D eigenvalue weighted by Crippen LogP contribution is 2.21. The lowest BCUT2D eigenvalue weighted by molar-refractivity contribution is 0.0951. The molecule has 2 aromatic rings. The number of hydrogen-bond acceptors (Lipinski definition) is 4. The highest BCUT2D eigenvalue weighted by atomic mass is 19.1. The Bertz CT molecular complexity index is 791. The van der Waals surface area contributed by atoms with E-state index < -0.39 is 11.7 Å². The lowest BCUT2D eigenvalue weighted by Crippen LogP contribution is -2.24. The van der Waals surface area contributed by atoms with Gasteiger partial charge >= 0.3 is 0 Å². The number of ether oxygens (including phenoxy) is 1. The third-order valence-electron chi connectivity index (χ3n) is 3.80. The Kier molecular flexibility index (Phi) is 7.14. The third kappa shape index (κ3) is 5.31. The Balaban J connectivity index is 1.96. The van der Waals surface area contributed by atoms with Crippen molar-refractivity contribution in [2.45, 2.75) is 33.2 Å². The van der Waals surface area contributed by atoms with Crippen LogP contribution < -0.4 is 15.8 Å². The Morgan fingerprint density at radius 3 is 2.88 bits per heavy atom. The summed E-state index contributed by atoms with van der Waals surface area (Å²) in [7, 11) is 0. The van der Waals surface area contributed by atoms with E-state index in [2.05, 4.69) is 10.3 Å². The van der Waals surface area contributed by atoms with Crippen molar-refractivity contribution in [2.24, 2.45) is 0 Å². The van der Waals surface area contributed by atoms with Crippen molar-refractivity contribution >= 4 is 11.7 Å². The molecule has 0 aliphatic heterocycles. The van der Waals surface area contributed by atoms with E-state index in [1.54, 1.807) is 37.3 Å². The number of anilines is 1. The summed E-state index contributed by atoms with van der Waals surface area (Å²) in [5.41, 5.74) is 7.11. The van der Waals surface area contributed by atoms with Crippen LogP contribution >= 0.6 is 0 Å². The highest BCUT2D eigenvalue weighted by Gasteiger charge is 2.13. The van der Waals surface area contributed by atoms with E-state index in [0.717, 1.165) is 18.5 Å². The number of pyridine rings is 1. The van der Waals surface area contributed by atoms with Crippen molar-refractivity contribution in [3.8, 4) is 5.75 Å². The number of nitrogens with zero attached hydrogens (tertiary/aromatic N) is 1. The van der Waals surface area contributed by atoms with Crippen LogP contribution in [0.3, 0.4) is 0 Å². The minimum atomic E-state index is -0.464. The lowest BCUT2D eigenvalue weighted by atomic mass is 10.1. The molecule has 1 amide bonds. The quantitative estimate of drug-likeness (QED) is 0.557. The Morgan fingerprint density at radius 2 is 2.15 bits per heavy atom. The average Bonchev–Trinajstić information content (AvgIpc) is 2.61. The number of allylic oxidation sites excluding steroid dienone is 2. The van der Waals surface area contributed by atoms with E-state index in [9.17, 15) is 9.18 Å². The van der Waals surface area contributed by atoms with Gasteiger partial charge < -0.3 is 15.8 Å². The molecule has 1 aromatic heterocycles. The Labute approximate surface area is 153 Å². The first-order valence-electron chi connectivity index (χ1n) is 8.55. The second-order valence-corrected chi connectivity index (χ2v) is 5.86. The third-order valence-corrected chi connectivity index (χ3v) is 3.80. The number of amides is 1. The highest BCUT2D eigenvalue weighted by molar-refractivity contribution is 5.98. The van der Waals surface area contributed by atoms with Crippen molar-refractivity contribution in [1.29, 1.82) is 0 Å². The fraction of sp³-hybridized carbons (Fsp3) is 0.300. The molecule has 3 N–H and O–H groups in total. The molecule has 1 heterocycles. The summed E-state index contributed by atoms with van der Waals surface area (Å²) in [5, 5.41) is 2.66. The number of aryl methyl sites for hydroxylation is 1. The first kappa shape index (κ1) is 19.4. The van der Waals surface area contributed by atoms with Crippen LogP contribution in [0.1, 0.15) is 41.4 Å².